The number of benzene rings is 1. The molecule has 88 valence electrons. The SMILES string of the molecule is Cn1ccc(CC(=O)c2ccc(I)c(Cl)c2)n1. The standard InChI is InChI=1S/C12H10ClIN2O/c1-16-5-4-9(15-16)7-12(17)8-2-3-11(14)10(13)6-8/h2-6H,7H2,1H3. The molecule has 2 aromatic rings. The summed E-state index contributed by atoms with van der Waals surface area (Å²) in [5.41, 5.74) is 1.40. The van der Waals surface area contributed by atoms with Crippen LogP contribution in [0.25, 0.3) is 0 Å². The fourth-order valence-corrected chi connectivity index (χ4v) is 2.01. The highest BCUT2D eigenvalue weighted by Crippen LogP contribution is 2.20. The lowest BCUT2D eigenvalue weighted by molar-refractivity contribution is 0.0992. The third-order valence-corrected chi connectivity index (χ3v) is 3.92. The number of nitrogens with zero attached hydrogens (tertiary/aromatic N) is 2. The first-order valence-corrected chi connectivity index (χ1v) is 6.48. The van der Waals surface area contributed by atoms with Crippen molar-refractivity contribution in [3.63, 3.8) is 0 Å². The number of aromatic nitrogens is 2. The number of halogens is 2. The van der Waals surface area contributed by atoms with Crippen LogP contribution in [0.2, 0.25) is 5.02 Å². The first kappa shape index (κ1) is 12.6. The summed E-state index contributed by atoms with van der Waals surface area (Å²) >= 11 is 8.12. The summed E-state index contributed by atoms with van der Waals surface area (Å²) in [5.74, 6) is 0.0296. The Morgan fingerprint density at radius 3 is 2.82 bits per heavy atom. The van der Waals surface area contributed by atoms with E-state index in [1.54, 1.807) is 16.8 Å². The molecule has 0 aliphatic rings. The lowest BCUT2D eigenvalue weighted by atomic mass is 10.1. The van der Waals surface area contributed by atoms with Gasteiger partial charge in [-0.05, 0) is 40.8 Å². The van der Waals surface area contributed by atoms with E-state index in [0.717, 1.165) is 9.26 Å². The van der Waals surface area contributed by atoms with Crippen LogP contribution in [-0.4, -0.2) is 15.6 Å². The number of carbonyl (C=O) groups excluding carboxylic acids is 1. The highest BCUT2D eigenvalue weighted by atomic mass is 127. The molecule has 3 nitrogen and oxygen atoms in total. The van der Waals surface area contributed by atoms with E-state index in [1.807, 2.05) is 25.4 Å². The monoisotopic (exact) mass is 360 g/mol. The molecular formula is C12H10ClIN2O. The Morgan fingerprint density at radius 1 is 1.47 bits per heavy atom. The van der Waals surface area contributed by atoms with Crippen molar-refractivity contribution in [2.45, 2.75) is 6.42 Å². The van der Waals surface area contributed by atoms with Crippen molar-refractivity contribution in [2.24, 2.45) is 7.05 Å². The largest absolute Gasteiger partial charge is 0.294 e. The second kappa shape index (κ2) is 5.18. The Kier molecular flexibility index (Phi) is 3.83. The molecule has 0 radical (unpaired) electrons. The first-order chi connectivity index (χ1) is 8.06. The summed E-state index contributed by atoms with van der Waals surface area (Å²) < 4.78 is 2.63. The number of aryl methyl sites for hydroxylation is 1. The molecule has 17 heavy (non-hydrogen) atoms. The quantitative estimate of drug-likeness (QED) is 0.623. The van der Waals surface area contributed by atoms with Gasteiger partial charge in [0.2, 0.25) is 0 Å². The van der Waals surface area contributed by atoms with Gasteiger partial charge in [0.1, 0.15) is 0 Å². The molecule has 0 atom stereocenters. The van der Waals surface area contributed by atoms with E-state index < -0.39 is 0 Å². The Bertz CT molecular complexity index is 565. The van der Waals surface area contributed by atoms with Crippen LogP contribution in [0.15, 0.2) is 30.5 Å². The Balaban J connectivity index is 2.17. The van der Waals surface area contributed by atoms with Gasteiger partial charge < -0.3 is 0 Å². The van der Waals surface area contributed by atoms with Gasteiger partial charge in [0, 0.05) is 22.4 Å². The second-order valence-electron chi connectivity index (χ2n) is 3.71. The molecule has 0 saturated heterocycles. The Labute approximate surface area is 118 Å². The van der Waals surface area contributed by atoms with Crippen LogP contribution in [0.4, 0.5) is 0 Å². The third-order valence-electron chi connectivity index (χ3n) is 2.35. The van der Waals surface area contributed by atoms with Gasteiger partial charge in [-0.15, -0.1) is 0 Å². The number of Topliss-reactive ketones (excluding diaryl/α,β-unsaturated/α-hetero) is 1. The summed E-state index contributed by atoms with van der Waals surface area (Å²) in [5, 5.41) is 4.79. The van der Waals surface area contributed by atoms with Crippen LogP contribution >= 0.6 is 34.2 Å². The van der Waals surface area contributed by atoms with Crippen molar-refractivity contribution in [3.8, 4) is 0 Å². The van der Waals surface area contributed by atoms with Crippen molar-refractivity contribution >= 4 is 40.0 Å². The molecule has 1 aromatic carbocycles. The molecule has 1 aromatic heterocycles. The lowest BCUT2D eigenvalue weighted by Crippen LogP contribution is -2.04. The fourth-order valence-electron chi connectivity index (χ4n) is 1.49. The average molecular weight is 361 g/mol. The van der Waals surface area contributed by atoms with Crippen LogP contribution in [-0.2, 0) is 13.5 Å². The fraction of sp³-hybridized carbons (Fsp3) is 0.167. The van der Waals surface area contributed by atoms with Gasteiger partial charge in [-0.25, -0.2) is 0 Å². The smallest absolute Gasteiger partial charge is 0.168 e. The maximum Gasteiger partial charge on any atom is 0.168 e. The van der Waals surface area contributed by atoms with E-state index in [-0.39, 0.29) is 5.78 Å². The van der Waals surface area contributed by atoms with Crippen LogP contribution in [0, 0.1) is 3.57 Å². The highest BCUT2D eigenvalue weighted by molar-refractivity contribution is 14.1. The van der Waals surface area contributed by atoms with Gasteiger partial charge in [-0.1, -0.05) is 17.7 Å². The van der Waals surface area contributed by atoms with Crippen LogP contribution in [0.1, 0.15) is 16.1 Å². The molecule has 5 heteroatoms. The Morgan fingerprint density at radius 2 is 2.24 bits per heavy atom. The zero-order chi connectivity index (χ0) is 12.4. The molecule has 0 N–H and O–H groups in total. The molecular weight excluding hydrogens is 351 g/mol. The number of ketones is 1. The van der Waals surface area contributed by atoms with Gasteiger partial charge in [0.15, 0.2) is 5.78 Å². The number of hydrogen-bond donors (Lipinski definition) is 0. The minimum atomic E-state index is 0.0296. The number of hydrogen-bond acceptors (Lipinski definition) is 2. The average Bonchev–Trinajstić information content (AvgIpc) is 2.68. The molecule has 0 bridgehead atoms. The van der Waals surface area contributed by atoms with E-state index >= 15 is 0 Å². The molecule has 0 aliphatic carbocycles. The molecule has 0 saturated carbocycles. The summed E-state index contributed by atoms with van der Waals surface area (Å²) in [6.45, 7) is 0. The zero-order valence-corrected chi connectivity index (χ0v) is 12.1. The third kappa shape index (κ3) is 3.07. The van der Waals surface area contributed by atoms with Crippen molar-refractivity contribution in [1.82, 2.24) is 9.78 Å². The normalized spacial score (nSPS) is 10.5. The topological polar surface area (TPSA) is 34.9 Å². The lowest BCUT2D eigenvalue weighted by Gasteiger charge is -2.01. The maximum atomic E-state index is 12.0. The van der Waals surface area contributed by atoms with E-state index in [1.165, 1.54) is 0 Å². The van der Waals surface area contributed by atoms with Crippen molar-refractivity contribution in [2.75, 3.05) is 0 Å². The molecule has 0 spiro atoms. The van der Waals surface area contributed by atoms with Gasteiger partial charge in [-0.3, -0.25) is 9.48 Å². The second-order valence-corrected chi connectivity index (χ2v) is 5.28. The highest BCUT2D eigenvalue weighted by Gasteiger charge is 2.10. The van der Waals surface area contributed by atoms with Crippen LogP contribution in [0.3, 0.4) is 0 Å². The molecule has 2 rings (SSSR count). The van der Waals surface area contributed by atoms with Crippen molar-refractivity contribution in [1.29, 1.82) is 0 Å². The van der Waals surface area contributed by atoms with E-state index in [2.05, 4.69) is 27.7 Å². The van der Waals surface area contributed by atoms with E-state index in [9.17, 15) is 4.79 Å². The zero-order valence-electron chi connectivity index (χ0n) is 9.15. The van der Waals surface area contributed by atoms with Crippen LogP contribution < -0.4 is 0 Å². The molecule has 0 aliphatic heterocycles. The minimum absolute atomic E-state index is 0.0296. The number of carbonyl (C=O) groups is 1. The van der Waals surface area contributed by atoms with E-state index in [4.69, 9.17) is 11.6 Å². The van der Waals surface area contributed by atoms with Crippen molar-refractivity contribution < 1.29 is 4.79 Å². The molecule has 1 heterocycles. The van der Waals surface area contributed by atoms with Gasteiger partial charge in [0.05, 0.1) is 17.1 Å². The minimum Gasteiger partial charge on any atom is -0.294 e. The predicted octanol–water partition coefficient (Wildman–Crippen LogP) is 3.10. The molecule has 0 fully saturated rings. The van der Waals surface area contributed by atoms with Crippen molar-refractivity contribution in [3.05, 3.63) is 50.3 Å². The summed E-state index contributed by atoms with van der Waals surface area (Å²) in [6.07, 6.45) is 2.13. The first-order valence-electron chi connectivity index (χ1n) is 5.03. The predicted molar refractivity (Wildman–Crippen MR) is 75.4 cm³/mol. The summed E-state index contributed by atoms with van der Waals surface area (Å²) in [6, 6.07) is 7.17. The maximum absolute atomic E-state index is 12.0. The van der Waals surface area contributed by atoms with Gasteiger partial charge >= 0.3 is 0 Å². The Hall–Kier alpha value is -0.880. The van der Waals surface area contributed by atoms with Gasteiger partial charge in [0.25, 0.3) is 0 Å². The summed E-state index contributed by atoms with van der Waals surface area (Å²) in [4.78, 5) is 12.0. The number of rotatable bonds is 3. The van der Waals surface area contributed by atoms with E-state index in [0.29, 0.717) is 17.0 Å². The van der Waals surface area contributed by atoms with Crippen LogP contribution in [0.5, 0.6) is 0 Å². The molecule has 0 amide bonds. The van der Waals surface area contributed by atoms with Gasteiger partial charge in [-0.2, -0.15) is 5.10 Å². The molecule has 0 unspecified atom stereocenters. The summed E-state index contributed by atoms with van der Waals surface area (Å²) in [7, 11) is 1.83.